The first kappa shape index (κ1) is 15.5. The van der Waals surface area contributed by atoms with Crippen molar-refractivity contribution in [3.8, 4) is 0 Å². The lowest BCUT2D eigenvalue weighted by molar-refractivity contribution is -0.139. The number of H-pyrrole nitrogens is 1. The number of carbonyl (C=O) groups excluding carboxylic acids is 1. The highest BCUT2D eigenvalue weighted by Crippen LogP contribution is 2.34. The zero-order valence-corrected chi connectivity index (χ0v) is 13.8. The zero-order chi connectivity index (χ0) is 15.7. The Balaban J connectivity index is 1.59. The normalized spacial score (nSPS) is 22.9. The van der Waals surface area contributed by atoms with E-state index in [1.54, 1.807) is 0 Å². The lowest BCUT2D eigenvalue weighted by Gasteiger charge is -2.32. The summed E-state index contributed by atoms with van der Waals surface area (Å²) < 4.78 is 5.78. The molecule has 6 heteroatoms. The molecule has 1 aromatic heterocycles. The number of nitrogens with one attached hydrogen (secondary N) is 1. The SMILES string of the molecule is CC(C)(C)c1n[nH]c([C@@H]2CN(C(=O)CCC3CC3)CCO2)n1. The Morgan fingerprint density at radius 2 is 2.18 bits per heavy atom. The molecule has 1 atom stereocenters. The molecule has 1 saturated heterocycles. The molecule has 122 valence electrons. The number of rotatable bonds is 4. The van der Waals surface area contributed by atoms with Gasteiger partial charge < -0.3 is 9.64 Å². The van der Waals surface area contributed by atoms with E-state index in [1.165, 1.54) is 12.8 Å². The fraction of sp³-hybridized carbons (Fsp3) is 0.812. The Kier molecular flexibility index (Phi) is 4.21. The highest BCUT2D eigenvalue weighted by molar-refractivity contribution is 5.76. The highest BCUT2D eigenvalue weighted by atomic mass is 16.5. The van der Waals surface area contributed by atoms with Crippen molar-refractivity contribution in [2.75, 3.05) is 19.7 Å². The minimum Gasteiger partial charge on any atom is -0.367 e. The molecule has 1 saturated carbocycles. The Hall–Kier alpha value is -1.43. The van der Waals surface area contributed by atoms with Gasteiger partial charge in [-0.3, -0.25) is 9.89 Å². The molecule has 1 aliphatic heterocycles. The maximum absolute atomic E-state index is 12.3. The van der Waals surface area contributed by atoms with Crippen molar-refractivity contribution in [3.63, 3.8) is 0 Å². The second-order valence-electron chi connectivity index (χ2n) is 7.48. The Morgan fingerprint density at radius 3 is 2.82 bits per heavy atom. The van der Waals surface area contributed by atoms with Crippen LogP contribution in [0.2, 0.25) is 0 Å². The number of aromatic nitrogens is 3. The predicted molar refractivity (Wildman–Crippen MR) is 82.3 cm³/mol. The first-order valence-corrected chi connectivity index (χ1v) is 8.25. The van der Waals surface area contributed by atoms with Gasteiger partial charge in [-0.15, -0.1) is 0 Å². The van der Waals surface area contributed by atoms with Crippen molar-refractivity contribution < 1.29 is 9.53 Å². The van der Waals surface area contributed by atoms with Crippen molar-refractivity contribution in [1.82, 2.24) is 20.1 Å². The van der Waals surface area contributed by atoms with E-state index < -0.39 is 0 Å². The van der Waals surface area contributed by atoms with Crippen LogP contribution in [0.5, 0.6) is 0 Å². The van der Waals surface area contributed by atoms with Gasteiger partial charge in [0.1, 0.15) is 6.10 Å². The summed E-state index contributed by atoms with van der Waals surface area (Å²) in [5.41, 5.74) is -0.0941. The number of hydrogen-bond acceptors (Lipinski definition) is 4. The first-order valence-electron chi connectivity index (χ1n) is 8.25. The maximum atomic E-state index is 12.3. The number of amides is 1. The molecule has 22 heavy (non-hydrogen) atoms. The second kappa shape index (κ2) is 5.99. The van der Waals surface area contributed by atoms with E-state index in [2.05, 4.69) is 36.0 Å². The third-order valence-electron chi connectivity index (χ3n) is 4.36. The van der Waals surface area contributed by atoms with Gasteiger partial charge in [0.05, 0.1) is 13.2 Å². The molecular formula is C16H26N4O2. The van der Waals surface area contributed by atoms with Crippen molar-refractivity contribution in [2.24, 2.45) is 5.92 Å². The third kappa shape index (κ3) is 3.66. The van der Waals surface area contributed by atoms with Gasteiger partial charge in [-0.05, 0) is 12.3 Å². The summed E-state index contributed by atoms with van der Waals surface area (Å²) in [4.78, 5) is 18.8. The number of carbonyl (C=O) groups is 1. The first-order chi connectivity index (χ1) is 10.4. The lowest BCUT2D eigenvalue weighted by Crippen LogP contribution is -2.42. The quantitative estimate of drug-likeness (QED) is 0.925. The number of aromatic amines is 1. The van der Waals surface area contributed by atoms with E-state index >= 15 is 0 Å². The van der Waals surface area contributed by atoms with Crippen LogP contribution >= 0.6 is 0 Å². The van der Waals surface area contributed by atoms with Crippen LogP contribution in [0.4, 0.5) is 0 Å². The highest BCUT2D eigenvalue weighted by Gasteiger charge is 2.30. The van der Waals surface area contributed by atoms with Crippen LogP contribution in [0.15, 0.2) is 0 Å². The summed E-state index contributed by atoms with van der Waals surface area (Å²) in [6.07, 6.45) is 4.11. The van der Waals surface area contributed by atoms with Gasteiger partial charge in [-0.2, -0.15) is 5.10 Å². The molecule has 2 heterocycles. The molecule has 0 aromatic carbocycles. The largest absolute Gasteiger partial charge is 0.367 e. The lowest BCUT2D eigenvalue weighted by atomic mass is 9.96. The van der Waals surface area contributed by atoms with Crippen LogP contribution in [0.1, 0.15) is 64.2 Å². The van der Waals surface area contributed by atoms with Crippen molar-refractivity contribution in [3.05, 3.63) is 11.6 Å². The zero-order valence-electron chi connectivity index (χ0n) is 13.8. The van der Waals surface area contributed by atoms with E-state index in [0.29, 0.717) is 26.1 Å². The van der Waals surface area contributed by atoms with Crippen LogP contribution in [-0.2, 0) is 14.9 Å². The number of nitrogens with zero attached hydrogens (tertiary/aromatic N) is 3. The van der Waals surface area contributed by atoms with Crippen LogP contribution in [0, 0.1) is 5.92 Å². The molecule has 2 aliphatic rings. The summed E-state index contributed by atoms with van der Waals surface area (Å²) in [5, 5.41) is 7.26. The second-order valence-corrected chi connectivity index (χ2v) is 7.48. The average Bonchev–Trinajstić information content (AvgIpc) is 3.17. The van der Waals surface area contributed by atoms with E-state index in [9.17, 15) is 4.79 Å². The summed E-state index contributed by atoms with van der Waals surface area (Å²) in [6.45, 7) is 8.05. The van der Waals surface area contributed by atoms with E-state index in [-0.39, 0.29) is 17.4 Å². The fourth-order valence-corrected chi connectivity index (χ4v) is 2.69. The molecule has 1 aromatic rings. The van der Waals surface area contributed by atoms with Gasteiger partial charge in [-0.25, -0.2) is 4.98 Å². The van der Waals surface area contributed by atoms with E-state index in [1.807, 2.05) is 4.90 Å². The Morgan fingerprint density at radius 1 is 1.41 bits per heavy atom. The summed E-state index contributed by atoms with van der Waals surface area (Å²) in [7, 11) is 0. The van der Waals surface area contributed by atoms with E-state index in [4.69, 9.17) is 4.74 Å². The summed E-state index contributed by atoms with van der Waals surface area (Å²) in [6, 6.07) is 0. The molecule has 1 amide bonds. The Bertz CT molecular complexity index is 530. The van der Waals surface area contributed by atoms with Gasteiger partial charge in [0.15, 0.2) is 11.6 Å². The minimum atomic E-state index is -0.192. The predicted octanol–water partition coefficient (Wildman–Crippen LogP) is 2.19. The molecule has 3 rings (SSSR count). The maximum Gasteiger partial charge on any atom is 0.222 e. The molecule has 0 radical (unpaired) electrons. The molecule has 0 spiro atoms. The standard InChI is InChI=1S/C16H26N4O2/c1-16(2,3)15-17-14(18-19-15)12-10-20(8-9-22-12)13(21)7-6-11-4-5-11/h11-12H,4-10H2,1-3H3,(H,17,18,19)/t12-/m0/s1. The molecule has 0 unspecified atom stereocenters. The van der Waals surface area contributed by atoms with Crippen LogP contribution < -0.4 is 0 Å². The van der Waals surface area contributed by atoms with Gasteiger partial charge in [0.2, 0.25) is 5.91 Å². The smallest absolute Gasteiger partial charge is 0.222 e. The summed E-state index contributed by atoms with van der Waals surface area (Å²) in [5.74, 6) is 2.55. The van der Waals surface area contributed by atoms with E-state index in [0.717, 1.165) is 24.0 Å². The topological polar surface area (TPSA) is 71.1 Å². The molecular weight excluding hydrogens is 280 g/mol. The minimum absolute atomic E-state index is 0.0941. The van der Waals surface area contributed by atoms with Gasteiger partial charge >= 0.3 is 0 Å². The number of hydrogen-bond donors (Lipinski definition) is 1. The van der Waals surface area contributed by atoms with Gasteiger partial charge in [-0.1, -0.05) is 33.6 Å². The molecule has 6 nitrogen and oxygen atoms in total. The van der Waals surface area contributed by atoms with Crippen molar-refractivity contribution >= 4 is 5.91 Å². The van der Waals surface area contributed by atoms with Crippen molar-refractivity contribution in [2.45, 2.75) is 58.0 Å². The molecule has 0 bridgehead atoms. The van der Waals surface area contributed by atoms with Crippen LogP contribution in [0.25, 0.3) is 0 Å². The van der Waals surface area contributed by atoms with Gasteiger partial charge in [0.25, 0.3) is 0 Å². The molecule has 2 fully saturated rings. The third-order valence-corrected chi connectivity index (χ3v) is 4.36. The number of morpholine rings is 1. The number of ether oxygens (including phenoxy) is 1. The van der Waals surface area contributed by atoms with Crippen LogP contribution in [0.3, 0.4) is 0 Å². The fourth-order valence-electron chi connectivity index (χ4n) is 2.69. The monoisotopic (exact) mass is 306 g/mol. The molecule has 1 aliphatic carbocycles. The van der Waals surface area contributed by atoms with Gasteiger partial charge in [0, 0.05) is 18.4 Å². The van der Waals surface area contributed by atoms with Crippen LogP contribution in [-0.4, -0.2) is 45.7 Å². The van der Waals surface area contributed by atoms with Crippen molar-refractivity contribution in [1.29, 1.82) is 0 Å². The molecule has 1 N–H and O–H groups in total. The summed E-state index contributed by atoms with van der Waals surface area (Å²) >= 11 is 0. The Labute approximate surface area is 131 Å². The average molecular weight is 306 g/mol.